The second-order valence-corrected chi connectivity index (χ2v) is 29.4. The fourth-order valence-corrected chi connectivity index (χ4v) is 9.80. The van der Waals surface area contributed by atoms with Crippen molar-refractivity contribution in [2.75, 3.05) is 19.8 Å². The van der Waals surface area contributed by atoms with Gasteiger partial charge in [-0.25, -0.2) is 19.3 Å². The highest BCUT2D eigenvalue weighted by Crippen LogP contribution is 2.44. The molecule has 63 heavy (non-hydrogen) atoms. The number of benzene rings is 2. The summed E-state index contributed by atoms with van der Waals surface area (Å²) in [5.74, 6) is -0.714. The van der Waals surface area contributed by atoms with E-state index in [1.165, 1.54) is 6.08 Å². The van der Waals surface area contributed by atoms with Crippen LogP contribution in [-0.2, 0) is 41.1 Å². The summed E-state index contributed by atoms with van der Waals surface area (Å²) in [6, 6.07) is 16.8. The van der Waals surface area contributed by atoms with Crippen molar-refractivity contribution >= 4 is 46.8 Å². The van der Waals surface area contributed by atoms with Crippen LogP contribution in [0, 0.1) is 11.3 Å². The summed E-state index contributed by atoms with van der Waals surface area (Å²) in [6.07, 6.45) is 2.64. The van der Waals surface area contributed by atoms with Gasteiger partial charge in [-0.3, -0.25) is 20.4 Å². The molecule has 14 nitrogen and oxygen atoms in total. The number of ether oxygens (including phenoxy) is 3. The SMILES string of the molecule is C=CCOC(=O)N1[C@H](C(=O)N[C@@H](CCCN(C(=N)NC(=O)OCc2ccccc2)C(=O)OCc2ccccc2)CO[Si](C)(C)C(C)(C)C)C[C@@H]2CC[C@@H](O[Si](C)(C)C(C)(C)C)C[C@@H]21. The maximum Gasteiger partial charge on any atom is 0.416 e. The van der Waals surface area contributed by atoms with Crippen LogP contribution in [0.25, 0.3) is 0 Å². The van der Waals surface area contributed by atoms with Crippen molar-refractivity contribution in [1.82, 2.24) is 20.4 Å². The van der Waals surface area contributed by atoms with Crippen molar-refractivity contribution < 1.29 is 42.2 Å². The molecule has 5 atom stereocenters. The first-order valence-electron chi connectivity index (χ1n) is 22.3. The highest BCUT2D eigenvalue weighted by molar-refractivity contribution is 6.74. The van der Waals surface area contributed by atoms with Crippen molar-refractivity contribution in [3.8, 4) is 0 Å². The highest BCUT2D eigenvalue weighted by Gasteiger charge is 2.51. The van der Waals surface area contributed by atoms with E-state index in [0.717, 1.165) is 28.9 Å². The van der Waals surface area contributed by atoms with Crippen LogP contribution in [0.5, 0.6) is 0 Å². The molecule has 0 bridgehead atoms. The molecule has 1 saturated heterocycles. The molecule has 0 spiro atoms. The number of rotatable bonds is 17. The Labute approximate surface area is 377 Å². The number of amides is 4. The lowest BCUT2D eigenvalue weighted by Gasteiger charge is -2.43. The maximum absolute atomic E-state index is 14.5. The molecule has 1 aliphatic carbocycles. The van der Waals surface area contributed by atoms with Gasteiger partial charge in [-0.05, 0) is 91.8 Å². The summed E-state index contributed by atoms with van der Waals surface area (Å²) >= 11 is 0. The van der Waals surface area contributed by atoms with E-state index in [9.17, 15) is 19.2 Å². The van der Waals surface area contributed by atoms with Gasteiger partial charge >= 0.3 is 18.3 Å². The number of nitrogens with zero attached hydrogens (tertiary/aromatic N) is 2. The van der Waals surface area contributed by atoms with Crippen molar-refractivity contribution in [3.05, 3.63) is 84.4 Å². The van der Waals surface area contributed by atoms with Crippen LogP contribution in [0.4, 0.5) is 14.4 Å². The fraction of sp³-hybridized carbons (Fsp3) is 0.596. The predicted molar refractivity (Wildman–Crippen MR) is 250 cm³/mol. The van der Waals surface area contributed by atoms with Gasteiger partial charge in [0, 0.05) is 18.7 Å². The van der Waals surface area contributed by atoms with Gasteiger partial charge in [-0.15, -0.1) is 0 Å². The minimum Gasteiger partial charge on any atom is -0.445 e. The van der Waals surface area contributed by atoms with Crippen molar-refractivity contribution in [2.45, 2.75) is 154 Å². The van der Waals surface area contributed by atoms with Gasteiger partial charge in [0.25, 0.3) is 0 Å². The smallest absolute Gasteiger partial charge is 0.416 e. The number of carbonyl (C=O) groups is 4. The van der Waals surface area contributed by atoms with E-state index >= 15 is 0 Å². The van der Waals surface area contributed by atoms with E-state index in [-0.39, 0.29) is 67.0 Å². The first kappa shape index (κ1) is 51.1. The van der Waals surface area contributed by atoms with Crippen LogP contribution in [0.15, 0.2) is 73.3 Å². The molecule has 0 aromatic heterocycles. The number of guanidine groups is 1. The summed E-state index contributed by atoms with van der Waals surface area (Å²) in [5.41, 5.74) is 1.52. The molecule has 2 aromatic rings. The summed E-state index contributed by atoms with van der Waals surface area (Å²) in [5, 5.41) is 14.3. The highest BCUT2D eigenvalue weighted by atomic mass is 28.4. The molecule has 1 saturated carbocycles. The Kier molecular flexibility index (Phi) is 18.2. The quantitative estimate of drug-likeness (QED) is 0.0460. The van der Waals surface area contributed by atoms with E-state index in [1.54, 1.807) is 4.90 Å². The lowest BCUT2D eigenvalue weighted by atomic mass is 9.83. The Morgan fingerprint density at radius 3 is 2.02 bits per heavy atom. The van der Waals surface area contributed by atoms with Crippen LogP contribution >= 0.6 is 0 Å². The number of nitrogens with one attached hydrogen (secondary N) is 3. The third-order valence-electron chi connectivity index (χ3n) is 13.1. The number of hydrogen-bond acceptors (Lipinski definition) is 10. The number of carbonyl (C=O) groups excluding carboxylic acids is 4. The van der Waals surface area contributed by atoms with Crippen LogP contribution in [0.2, 0.25) is 36.3 Å². The normalized spacial score (nSPS) is 19.6. The van der Waals surface area contributed by atoms with Crippen molar-refractivity contribution in [2.24, 2.45) is 5.92 Å². The average molecular weight is 908 g/mol. The molecule has 1 aliphatic heterocycles. The van der Waals surface area contributed by atoms with Crippen LogP contribution in [0.3, 0.4) is 0 Å². The Balaban J connectivity index is 1.52. The monoisotopic (exact) mass is 907 g/mol. The minimum absolute atomic E-state index is 0.0207. The number of alkyl carbamates (subject to hydrolysis) is 1. The van der Waals surface area contributed by atoms with Gasteiger partial charge in [-0.1, -0.05) is 115 Å². The summed E-state index contributed by atoms with van der Waals surface area (Å²) in [4.78, 5) is 57.4. The molecule has 348 valence electrons. The molecular formula is C47H73N5O9Si2. The molecule has 2 fully saturated rings. The van der Waals surface area contributed by atoms with Crippen molar-refractivity contribution in [3.63, 3.8) is 0 Å². The second kappa shape index (κ2) is 22.4. The van der Waals surface area contributed by atoms with E-state index in [4.69, 9.17) is 28.5 Å². The molecule has 1 heterocycles. The largest absolute Gasteiger partial charge is 0.445 e. The molecule has 4 amide bonds. The number of likely N-dealkylation sites (tertiary alicyclic amines) is 1. The first-order valence-corrected chi connectivity index (χ1v) is 28.1. The Morgan fingerprint density at radius 1 is 0.857 bits per heavy atom. The molecule has 3 N–H and O–H groups in total. The van der Waals surface area contributed by atoms with Crippen LogP contribution in [-0.4, -0.2) is 101 Å². The van der Waals surface area contributed by atoms with Crippen molar-refractivity contribution in [1.29, 1.82) is 5.41 Å². The second-order valence-electron chi connectivity index (χ2n) is 19.8. The van der Waals surface area contributed by atoms with E-state index in [2.05, 4.69) is 84.9 Å². The lowest BCUT2D eigenvalue weighted by Crippen LogP contribution is -2.54. The summed E-state index contributed by atoms with van der Waals surface area (Å²) in [6.45, 7) is 25.7. The van der Waals surface area contributed by atoms with Crippen LogP contribution in [0.1, 0.15) is 91.2 Å². The zero-order valence-electron chi connectivity index (χ0n) is 39.3. The first-order chi connectivity index (χ1) is 29.5. The topological polar surface area (TPSA) is 169 Å². The summed E-state index contributed by atoms with van der Waals surface area (Å²) < 4.78 is 30.0. The molecular weight excluding hydrogens is 835 g/mol. The van der Waals surface area contributed by atoms with Gasteiger partial charge in [0.1, 0.15) is 25.9 Å². The molecule has 4 rings (SSSR count). The molecule has 0 radical (unpaired) electrons. The van der Waals surface area contributed by atoms with Gasteiger partial charge in [0.2, 0.25) is 11.9 Å². The fourth-order valence-electron chi connectivity index (χ4n) is 7.35. The average Bonchev–Trinajstić information content (AvgIpc) is 3.60. The Bertz CT molecular complexity index is 1850. The van der Waals surface area contributed by atoms with Gasteiger partial charge < -0.3 is 28.4 Å². The Hall–Kier alpha value is -4.52. The molecule has 0 unspecified atom stereocenters. The lowest BCUT2D eigenvalue weighted by molar-refractivity contribution is -0.126. The predicted octanol–water partition coefficient (Wildman–Crippen LogP) is 9.73. The molecule has 2 aromatic carbocycles. The third-order valence-corrected chi connectivity index (χ3v) is 22.1. The Morgan fingerprint density at radius 2 is 1.44 bits per heavy atom. The maximum atomic E-state index is 14.5. The van der Waals surface area contributed by atoms with E-state index in [1.807, 2.05) is 60.7 Å². The van der Waals surface area contributed by atoms with Gasteiger partial charge in [0.15, 0.2) is 16.6 Å². The minimum atomic E-state index is -2.29. The van der Waals surface area contributed by atoms with E-state index in [0.29, 0.717) is 25.7 Å². The number of hydrogen-bond donors (Lipinski definition) is 3. The summed E-state index contributed by atoms with van der Waals surface area (Å²) in [7, 11) is -4.39. The number of fused-ring (bicyclic) bond motifs is 1. The van der Waals surface area contributed by atoms with E-state index < -0.39 is 53.0 Å². The third kappa shape index (κ3) is 14.8. The van der Waals surface area contributed by atoms with Gasteiger partial charge in [-0.2, -0.15) is 0 Å². The van der Waals surface area contributed by atoms with Crippen LogP contribution < -0.4 is 10.6 Å². The van der Waals surface area contributed by atoms with Gasteiger partial charge in [0.05, 0.1) is 12.6 Å². The molecule has 2 aliphatic rings. The molecule has 16 heteroatoms. The zero-order chi connectivity index (χ0) is 46.6. The standard InChI is InChI=1S/C47H73N5O9Si2/c1-12-28-57-45(56)52-39-30-38(61-63(10,11)47(5,6)7)26-25-36(39)29-40(52)41(53)49-37(33-60-62(8,9)46(2,3)4)24-19-27-51(44(55)59-32-35-22-17-14-18-23-35)42(48)50-43(54)58-31-34-20-15-13-16-21-34/h12-18,20-23,36-40H,1,19,24-33H2,2-11H3,(H,49,53)(H2,48,50,54)/t36-,37-,38+,39-,40-/m0/s1. The zero-order valence-corrected chi connectivity index (χ0v) is 41.3.